The third-order valence-corrected chi connectivity index (χ3v) is 2.02. The number of hydrogen-bond donors (Lipinski definition) is 3. The number of anilines is 1. The summed E-state index contributed by atoms with van der Waals surface area (Å²) in [5.74, 6) is 0. The number of nitrogens with one attached hydrogen (secondary N) is 1. The smallest absolute Gasteiger partial charge is 0.394 e. The molecule has 1 aromatic rings. The Kier molecular flexibility index (Phi) is 4.14. The summed E-state index contributed by atoms with van der Waals surface area (Å²) in [5, 5.41) is 20.2. The van der Waals surface area contributed by atoms with Crippen LogP contribution < -0.4 is 5.32 Å². The van der Waals surface area contributed by atoms with Crippen molar-refractivity contribution >= 4 is 5.69 Å². The predicted molar refractivity (Wildman–Crippen MR) is 53.0 cm³/mol. The molecule has 0 unspecified atom stereocenters. The van der Waals surface area contributed by atoms with E-state index < -0.39 is 17.8 Å². The topological polar surface area (TPSA) is 52.5 Å². The Morgan fingerprint density at radius 3 is 1.94 bits per heavy atom. The van der Waals surface area contributed by atoms with Gasteiger partial charge in [0, 0.05) is 5.69 Å². The van der Waals surface area contributed by atoms with Crippen LogP contribution in [0.25, 0.3) is 0 Å². The second kappa shape index (κ2) is 5.18. The zero-order chi connectivity index (χ0) is 12.2. The summed E-state index contributed by atoms with van der Waals surface area (Å²) in [5.41, 5.74) is -0.316. The summed E-state index contributed by atoms with van der Waals surface area (Å²) in [6.45, 7) is -0.588. The number of hydrogen-bond acceptors (Lipinski definition) is 3. The molecule has 90 valence electrons. The van der Waals surface area contributed by atoms with Crippen LogP contribution >= 0.6 is 0 Å². The van der Waals surface area contributed by atoms with Crippen LogP contribution in [-0.4, -0.2) is 29.5 Å². The first-order valence-corrected chi connectivity index (χ1v) is 4.63. The number of rotatable bonds is 4. The first-order valence-electron chi connectivity index (χ1n) is 4.63. The average molecular weight is 235 g/mol. The van der Waals surface area contributed by atoms with Crippen LogP contribution in [0.1, 0.15) is 5.56 Å². The van der Waals surface area contributed by atoms with Crippen LogP contribution in [0.4, 0.5) is 18.9 Å². The Labute approximate surface area is 90.5 Å². The normalized spacial score (nSPS) is 11.9. The minimum Gasteiger partial charge on any atom is -0.394 e. The maximum atomic E-state index is 12.2. The molecule has 3 N–H and O–H groups in total. The SMILES string of the molecule is OCC(CO)Nc1ccc(C(F)(F)F)cc1. The van der Waals surface area contributed by atoms with Crippen LogP contribution in [0.2, 0.25) is 0 Å². The average Bonchev–Trinajstić information content (AvgIpc) is 2.25. The van der Waals surface area contributed by atoms with Crippen molar-refractivity contribution in [1.29, 1.82) is 0 Å². The van der Waals surface area contributed by atoms with Gasteiger partial charge in [0.1, 0.15) is 0 Å². The number of alkyl halides is 3. The molecule has 3 nitrogen and oxygen atoms in total. The maximum Gasteiger partial charge on any atom is 0.416 e. The predicted octanol–water partition coefficient (Wildman–Crippen LogP) is 1.47. The van der Waals surface area contributed by atoms with E-state index in [1.165, 1.54) is 12.1 Å². The van der Waals surface area contributed by atoms with Crippen molar-refractivity contribution < 1.29 is 23.4 Å². The molecule has 0 aromatic heterocycles. The van der Waals surface area contributed by atoms with Gasteiger partial charge < -0.3 is 15.5 Å². The largest absolute Gasteiger partial charge is 0.416 e. The number of aliphatic hydroxyl groups excluding tert-OH is 2. The van der Waals surface area contributed by atoms with E-state index in [0.717, 1.165) is 12.1 Å². The Morgan fingerprint density at radius 1 is 1.06 bits per heavy atom. The number of aliphatic hydroxyl groups is 2. The van der Waals surface area contributed by atoms with Gasteiger partial charge in [0.15, 0.2) is 0 Å². The first-order chi connectivity index (χ1) is 7.47. The first kappa shape index (κ1) is 12.8. The van der Waals surface area contributed by atoms with Gasteiger partial charge in [-0.3, -0.25) is 0 Å². The van der Waals surface area contributed by atoms with Crippen LogP contribution in [-0.2, 0) is 6.18 Å². The van der Waals surface area contributed by atoms with Crippen molar-refractivity contribution in [3.63, 3.8) is 0 Å². The van der Waals surface area contributed by atoms with E-state index in [-0.39, 0.29) is 13.2 Å². The van der Waals surface area contributed by atoms with Gasteiger partial charge in [0.05, 0.1) is 24.8 Å². The molecular weight excluding hydrogens is 223 g/mol. The molecular formula is C10H12F3NO2. The van der Waals surface area contributed by atoms with Gasteiger partial charge in [-0.25, -0.2) is 0 Å². The van der Waals surface area contributed by atoms with Crippen molar-refractivity contribution in [2.45, 2.75) is 12.2 Å². The Bertz CT molecular complexity index is 320. The minimum atomic E-state index is -4.36. The summed E-state index contributed by atoms with van der Waals surface area (Å²) < 4.78 is 36.6. The van der Waals surface area contributed by atoms with E-state index >= 15 is 0 Å². The summed E-state index contributed by atoms with van der Waals surface area (Å²) in [6.07, 6.45) is -4.36. The Balaban J connectivity index is 2.72. The van der Waals surface area contributed by atoms with Crippen molar-refractivity contribution in [2.24, 2.45) is 0 Å². The van der Waals surface area contributed by atoms with Crippen LogP contribution in [0.15, 0.2) is 24.3 Å². The quantitative estimate of drug-likeness (QED) is 0.740. The highest BCUT2D eigenvalue weighted by atomic mass is 19.4. The van der Waals surface area contributed by atoms with Gasteiger partial charge >= 0.3 is 6.18 Å². The fraction of sp³-hybridized carbons (Fsp3) is 0.400. The van der Waals surface area contributed by atoms with Crippen LogP contribution in [0.5, 0.6) is 0 Å². The molecule has 0 saturated heterocycles. The fourth-order valence-corrected chi connectivity index (χ4v) is 1.14. The van der Waals surface area contributed by atoms with E-state index in [1.807, 2.05) is 0 Å². The molecule has 0 atom stereocenters. The molecule has 0 spiro atoms. The highest BCUT2D eigenvalue weighted by Gasteiger charge is 2.29. The second-order valence-corrected chi connectivity index (χ2v) is 3.28. The summed E-state index contributed by atoms with van der Waals surface area (Å²) in [7, 11) is 0. The highest BCUT2D eigenvalue weighted by molar-refractivity contribution is 5.46. The molecule has 1 rings (SSSR count). The number of benzene rings is 1. The van der Waals surface area contributed by atoms with Crippen molar-refractivity contribution in [2.75, 3.05) is 18.5 Å². The Morgan fingerprint density at radius 2 is 1.56 bits per heavy atom. The molecule has 0 saturated carbocycles. The van der Waals surface area contributed by atoms with Gasteiger partial charge in [-0.15, -0.1) is 0 Å². The zero-order valence-electron chi connectivity index (χ0n) is 8.33. The standard InChI is InChI=1S/C10H12F3NO2/c11-10(12,13)7-1-3-8(4-2-7)14-9(5-15)6-16/h1-4,9,14-16H,5-6H2. The molecule has 0 bridgehead atoms. The lowest BCUT2D eigenvalue weighted by Crippen LogP contribution is -2.27. The third kappa shape index (κ3) is 3.39. The second-order valence-electron chi connectivity index (χ2n) is 3.28. The molecule has 0 radical (unpaired) electrons. The maximum absolute atomic E-state index is 12.2. The highest BCUT2D eigenvalue weighted by Crippen LogP contribution is 2.29. The van der Waals surface area contributed by atoms with Crippen molar-refractivity contribution in [1.82, 2.24) is 0 Å². The molecule has 0 heterocycles. The lowest BCUT2D eigenvalue weighted by atomic mass is 10.2. The van der Waals surface area contributed by atoms with Crippen molar-refractivity contribution in [3.05, 3.63) is 29.8 Å². The van der Waals surface area contributed by atoms with Gasteiger partial charge in [0.25, 0.3) is 0 Å². The molecule has 0 aliphatic carbocycles. The number of halogens is 3. The molecule has 0 aliphatic rings. The Hall–Kier alpha value is -1.27. The lowest BCUT2D eigenvalue weighted by Gasteiger charge is -2.15. The van der Waals surface area contributed by atoms with Gasteiger partial charge in [-0.1, -0.05) is 0 Å². The van der Waals surface area contributed by atoms with E-state index in [2.05, 4.69) is 5.32 Å². The van der Waals surface area contributed by atoms with Crippen LogP contribution in [0, 0.1) is 0 Å². The summed E-state index contributed by atoms with van der Waals surface area (Å²) in [6, 6.07) is 3.81. The van der Waals surface area contributed by atoms with E-state index in [4.69, 9.17) is 10.2 Å². The van der Waals surface area contributed by atoms with E-state index in [9.17, 15) is 13.2 Å². The molecule has 6 heteroatoms. The fourth-order valence-electron chi connectivity index (χ4n) is 1.14. The third-order valence-electron chi connectivity index (χ3n) is 2.02. The van der Waals surface area contributed by atoms with Gasteiger partial charge in [-0.05, 0) is 24.3 Å². The minimum absolute atomic E-state index is 0.294. The molecule has 0 aliphatic heterocycles. The monoisotopic (exact) mass is 235 g/mol. The summed E-state index contributed by atoms with van der Waals surface area (Å²) >= 11 is 0. The summed E-state index contributed by atoms with van der Waals surface area (Å²) in [4.78, 5) is 0. The van der Waals surface area contributed by atoms with E-state index in [1.54, 1.807) is 0 Å². The van der Waals surface area contributed by atoms with Gasteiger partial charge in [-0.2, -0.15) is 13.2 Å². The van der Waals surface area contributed by atoms with Crippen LogP contribution in [0.3, 0.4) is 0 Å². The molecule has 0 amide bonds. The molecule has 1 aromatic carbocycles. The lowest BCUT2D eigenvalue weighted by molar-refractivity contribution is -0.137. The van der Waals surface area contributed by atoms with Gasteiger partial charge in [0.2, 0.25) is 0 Å². The van der Waals surface area contributed by atoms with E-state index in [0.29, 0.717) is 5.69 Å². The molecule has 0 fully saturated rings. The zero-order valence-corrected chi connectivity index (χ0v) is 8.33. The molecule has 16 heavy (non-hydrogen) atoms. The van der Waals surface area contributed by atoms with Crippen molar-refractivity contribution in [3.8, 4) is 0 Å².